The molecule has 5 rings (SSSR count). The van der Waals surface area contributed by atoms with Crippen LogP contribution in [0.5, 0.6) is 5.75 Å². The number of hydrogen-bond donors (Lipinski definition) is 2. The lowest BCUT2D eigenvalue weighted by atomic mass is 9.95. The molecule has 2 atom stereocenters. The molecule has 1 fully saturated rings. The normalized spacial score (nSPS) is 17.1. The lowest BCUT2D eigenvalue weighted by Crippen LogP contribution is -2.30. The number of carbonyl (C=O) groups is 1. The zero-order valence-corrected chi connectivity index (χ0v) is 24.7. The van der Waals surface area contributed by atoms with Gasteiger partial charge in [-0.2, -0.15) is 0 Å². The SMILES string of the molecule is COc1cc(N2C(=S)N[C@@H](c3ccccn3)[C@H]2c2ccc(-c3ccc(Cl)cc3Cl)o2)ccc1NC(=O)C(C)(C)C. The van der Waals surface area contributed by atoms with Crippen LogP contribution in [-0.4, -0.2) is 23.1 Å². The van der Waals surface area contributed by atoms with Crippen molar-refractivity contribution >= 4 is 57.8 Å². The van der Waals surface area contributed by atoms with Crippen LogP contribution >= 0.6 is 35.4 Å². The van der Waals surface area contributed by atoms with Crippen LogP contribution in [0.2, 0.25) is 10.0 Å². The monoisotopic (exact) mass is 594 g/mol. The molecule has 0 spiro atoms. The number of hydrogen-bond acceptors (Lipinski definition) is 5. The second-order valence-electron chi connectivity index (χ2n) is 10.4. The molecular weight excluding hydrogens is 567 g/mol. The fourth-order valence-electron chi connectivity index (χ4n) is 4.51. The molecule has 0 unspecified atom stereocenters. The van der Waals surface area contributed by atoms with Crippen LogP contribution in [0.3, 0.4) is 0 Å². The van der Waals surface area contributed by atoms with Gasteiger partial charge in [0.25, 0.3) is 0 Å². The van der Waals surface area contributed by atoms with Crippen molar-refractivity contribution in [1.82, 2.24) is 10.3 Å². The number of pyridine rings is 1. The summed E-state index contributed by atoms with van der Waals surface area (Å²) in [6.45, 7) is 5.57. The summed E-state index contributed by atoms with van der Waals surface area (Å²) >= 11 is 18.4. The first-order valence-corrected chi connectivity index (χ1v) is 13.8. The van der Waals surface area contributed by atoms with E-state index in [1.54, 1.807) is 25.4 Å². The van der Waals surface area contributed by atoms with Gasteiger partial charge in [-0.05, 0) is 66.8 Å². The predicted molar refractivity (Wildman–Crippen MR) is 163 cm³/mol. The Morgan fingerprint density at radius 1 is 1.10 bits per heavy atom. The molecule has 206 valence electrons. The summed E-state index contributed by atoms with van der Waals surface area (Å²) < 4.78 is 12.1. The summed E-state index contributed by atoms with van der Waals surface area (Å²) in [5.41, 5.74) is 2.30. The van der Waals surface area contributed by atoms with Gasteiger partial charge in [0.2, 0.25) is 5.91 Å². The van der Waals surface area contributed by atoms with E-state index in [0.29, 0.717) is 38.1 Å². The Hall–Kier alpha value is -3.59. The molecule has 2 aromatic carbocycles. The van der Waals surface area contributed by atoms with Crippen molar-refractivity contribution < 1.29 is 13.9 Å². The van der Waals surface area contributed by atoms with Gasteiger partial charge in [-0.25, -0.2) is 0 Å². The van der Waals surface area contributed by atoms with Crippen LogP contribution in [0.4, 0.5) is 11.4 Å². The molecule has 1 aliphatic rings. The first-order valence-electron chi connectivity index (χ1n) is 12.6. The highest BCUT2D eigenvalue weighted by molar-refractivity contribution is 7.80. The Labute approximate surface area is 248 Å². The average molecular weight is 596 g/mol. The van der Waals surface area contributed by atoms with Crippen LogP contribution in [0.1, 0.15) is 44.3 Å². The molecule has 3 heterocycles. The van der Waals surface area contributed by atoms with Crippen molar-refractivity contribution in [2.75, 3.05) is 17.3 Å². The summed E-state index contributed by atoms with van der Waals surface area (Å²) in [5.74, 6) is 1.65. The van der Waals surface area contributed by atoms with Crippen molar-refractivity contribution in [3.05, 3.63) is 94.4 Å². The molecule has 4 aromatic rings. The number of nitrogens with zero attached hydrogens (tertiary/aromatic N) is 2. The minimum Gasteiger partial charge on any atom is -0.494 e. The topological polar surface area (TPSA) is 79.6 Å². The van der Waals surface area contributed by atoms with Gasteiger partial charge in [-0.15, -0.1) is 0 Å². The molecule has 1 aliphatic heterocycles. The first-order chi connectivity index (χ1) is 19.1. The quantitative estimate of drug-likeness (QED) is 0.220. The average Bonchev–Trinajstić information content (AvgIpc) is 3.53. The van der Waals surface area contributed by atoms with Crippen molar-refractivity contribution in [1.29, 1.82) is 0 Å². The van der Waals surface area contributed by atoms with Gasteiger partial charge in [0.05, 0.1) is 29.6 Å². The largest absolute Gasteiger partial charge is 0.494 e. The minimum absolute atomic E-state index is 0.117. The molecule has 1 amide bonds. The zero-order valence-electron chi connectivity index (χ0n) is 22.4. The number of nitrogens with one attached hydrogen (secondary N) is 2. The van der Waals surface area contributed by atoms with Crippen molar-refractivity contribution in [3.8, 4) is 17.1 Å². The maximum absolute atomic E-state index is 12.7. The van der Waals surface area contributed by atoms with Crippen LogP contribution in [0, 0.1) is 5.41 Å². The molecule has 10 heteroatoms. The number of halogens is 2. The van der Waals surface area contributed by atoms with E-state index in [4.69, 9.17) is 44.6 Å². The van der Waals surface area contributed by atoms with Gasteiger partial charge in [0, 0.05) is 34.0 Å². The van der Waals surface area contributed by atoms with E-state index in [0.717, 1.165) is 16.9 Å². The second-order valence-corrected chi connectivity index (χ2v) is 11.6. The van der Waals surface area contributed by atoms with Crippen molar-refractivity contribution in [2.24, 2.45) is 5.41 Å². The van der Waals surface area contributed by atoms with Gasteiger partial charge < -0.3 is 24.7 Å². The lowest BCUT2D eigenvalue weighted by molar-refractivity contribution is -0.123. The third kappa shape index (κ3) is 5.52. The molecule has 1 saturated heterocycles. The van der Waals surface area contributed by atoms with Gasteiger partial charge in [0.1, 0.15) is 23.3 Å². The predicted octanol–water partition coefficient (Wildman–Crippen LogP) is 7.82. The molecule has 0 radical (unpaired) electrons. The number of aromatic nitrogens is 1. The maximum Gasteiger partial charge on any atom is 0.229 e. The Morgan fingerprint density at radius 3 is 2.58 bits per heavy atom. The summed E-state index contributed by atoms with van der Waals surface area (Å²) in [6.07, 6.45) is 1.75. The summed E-state index contributed by atoms with van der Waals surface area (Å²) in [7, 11) is 1.56. The molecule has 0 aliphatic carbocycles. The highest BCUT2D eigenvalue weighted by Gasteiger charge is 2.43. The number of ether oxygens (including phenoxy) is 1. The Kier molecular flexibility index (Phi) is 7.77. The number of rotatable bonds is 6. The van der Waals surface area contributed by atoms with Crippen LogP contribution in [0.25, 0.3) is 11.3 Å². The van der Waals surface area contributed by atoms with E-state index in [1.165, 1.54) is 0 Å². The standard InChI is InChI=1S/C30H28Cl2N4O3S/c1-30(2,3)28(37)34-21-11-9-18(16-25(21)38-4)36-27(26(35-29(36)40)22-7-5-6-14-33-22)24-13-12-23(39-24)19-10-8-17(31)15-20(19)32/h5-16,26-27H,1-4H3,(H,34,37)(H,35,40)/t26-,27+/m0/s1. The second kappa shape index (κ2) is 11.1. The third-order valence-corrected chi connectivity index (χ3v) is 7.47. The minimum atomic E-state index is -0.560. The van der Waals surface area contributed by atoms with Crippen LogP contribution < -0.4 is 20.3 Å². The molecule has 2 N–H and O–H groups in total. The van der Waals surface area contributed by atoms with Gasteiger partial charge in [-0.3, -0.25) is 9.78 Å². The van der Waals surface area contributed by atoms with Crippen molar-refractivity contribution in [2.45, 2.75) is 32.9 Å². The number of benzene rings is 2. The Morgan fingerprint density at radius 2 is 1.90 bits per heavy atom. The third-order valence-electron chi connectivity index (χ3n) is 6.61. The molecule has 2 aromatic heterocycles. The fraction of sp³-hybridized carbons (Fsp3) is 0.233. The molecular formula is C30H28Cl2N4O3S. The van der Waals surface area contributed by atoms with Crippen LogP contribution in [0.15, 0.2) is 77.3 Å². The summed E-state index contributed by atoms with van der Waals surface area (Å²) in [6, 6.07) is 19.7. The number of furan rings is 1. The van der Waals surface area contributed by atoms with E-state index in [-0.39, 0.29) is 18.0 Å². The summed E-state index contributed by atoms with van der Waals surface area (Å²) in [5, 5.41) is 7.91. The lowest BCUT2D eigenvalue weighted by Gasteiger charge is -2.27. The van der Waals surface area contributed by atoms with Crippen LogP contribution in [-0.2, 0) is 4.79 Å². The van der Waals surface area contributed by atoms with E-state index in [1.807, 2.05) is 80.3 Å². The van der Waals surface area contributed by atoms with E-state index in [9.17, 15) is 4.79 Å². The number of carbonyl (C=O) groups excluding carboxylic acids is 1. The fourth-order valence-corrected chi connectivity index (χ4v) is 5.36. The number of methoxy groups -OCH3 is 1. The molecule has 40 heavy (non-hydrogen) atoms. The van der Waals surface area contributed by atoms with Gasteiger partial charge in [0.15, 0.2) is 5.11 Å². The number of anilines is 2. The number of thiocarbonyl (C=S) groups is 1. The van der Waals surface area contributed by atoms with Gasteiger partial charge in [-0.1, -0.05) is 50.0 Å². The molecule has 0 saturated carbocycles. The Bertz CT molecular complexity index is 1570. The molecule has 0 bridgehead atoms. The zero-order chi connectivity index (χ0) is 28.6. The smallest absolute Gasteiger partial charge is 0.229 e. The van der Waals surface area contributed by atoms with E-state index in [2.05, 4.69) is 15.6 Å². The highest BCUT2D eigenvalue weighted by Crippen LogP contribution is 2.45. The summed E-state index contributed by atoms with van der Waals surface area (Å²) in [4.78, 5) is 19.2. The van der Waals surface area contributed by atoms with Gasteiger partial charge >= 0.3 is 0 Å². The van der Waals surface area contributed by atoms with Crippen molar-refractivity contribution in [3.63, 3.8) is 0 Å². The maximum atomic E-state index is 12.7. The van der Waals surface area contributed by atoms with E-state index >= 15 is 0 Å². The Balaban J connectivity index is 1.57. The number of amides is 1. The molecule has 7 nitrogen and oxygen atoms in total. The highest BCUT2D eigenvalue weighted by atomic mass is 35.5. The van der Waals surface area contributed by atoms with E-state index < -0.39 is 5.41 Å². The first kappa shape index (κ1) is 28.0.